The molecule has 0 aliphatic heterocycles. The molecule has 1 fully saturated rings. The third-order valence-electron chi connectivity index (χ3n) is 4.89. The highest BCUT2D eigenvalue weighted by atomic mass is 16.2. The lowest BCUT2D eigenvalue weighted by atomic mass is 10.1. The fraction of sp³-hybridized carbons (Fsp3) is 0.304. The van der Waals surface area contributed by atoms with E-state index in [1.807, 2.05) is 18.2 Å². The average Bonchev–Trinajstić information content (AvgIpc) is 3.41. The molecule has 1 aliphatic carbocycles. The molecule has 29 heavy (non-hydrogen) atoms. The van der Waals surface area contributed by atoms with Gasteiger partial charge in [-0.15, -0.1) is 0 Å². The number of urea groups is 1. The molecule has 4 rings (SSSR count). The highest BCUT2D eigenvalue weighted by molar-refractivity contribution is 6.06. The van der Waals surface area contributed by atoms with Gasteiger partial charge >= 0.3 is 6.03 Å². The fourth-order valence-corrected chi connectivity index (χ4v) is 3.35. The molecule has 0 saturated heterocycles. The Hall–Kier alpha value is -3.28. The first-order valence-corrected chi connectivity index (χ1v) is 10.1. The fourth-order valence-electron chi connectivity index (χ4n) is 3.35. The first-order valence-electron chi connectivity index (χ1n) is 10.1. The smallest absolute Gasteiger partial charge is 0.319 e. The van der Waals surface area contributed by atoms with Crippen molar-refractivity contribution in [3.63, 3.8) is 0 Å². The first-order chi connectivity index (χ1) is 14.0. The zero-order valence-electron chi connectivity index (χ0n) is 16.7. The maximum absolute atomic E-state index is 12.7. The molecule has 6 heteroatoms. The van der Waals surface area contributed by atoms with Crippen molar-refractivity contribution in [2.45, 2.75) is 39.3 Å². The van der Waals surface area contributed by atoms with E-state index in [-0.39, 0.29) is 18.0 Å². The Morgan fingerprint density at radius 1 is 1.03 bits per heavy atom. The third-order valence-corrected chi connectivity index (χ3v) is 4.89. The molecule has 2 aromatic carbocycles. The van der Waals surface area contributed by atoms with Gasteiger partial charge in [-0.05, 0) is 61.2 Å². The van der Waals surface area contributed by atoms with E-state index in [1.165, 1.54) is 0 Å². The average molecular weight is 390 g/mol. The van der Waals surface area contributed by atoms with Gasteiger partial charge in [0.25, 0.3) is 5.91 Å². The summed E-state index contributed by atoms with van der Waals surface area (Å²) < 4.78 is 2.23. The van der Waals surface area contributed by atoms with E-state index >= 15 is 0 Å². The summed E-state index contributed by atoms with van der Waals surface area (Å²) >= 11 is 0. The minimum atomic E-state index is -0.235. The first kappa shape index (κ1) is 19.1. The summed E-state index contributed by atoms with van der Waals surface area (Å²) in [7, 11) is 0. The molecule has 0 spiro atoms. The highest BCUT2D eigenvalue weighted by Gasteiger charge is 2.23. The number of amides is 3. The molecule has 0 bridgehead atoms. The second kappa shape index (κ2) is 7.99. The van der Waals surface area contributed by atoms with E-state index in [0.29, 0.717) is 17.2 Å². The predicted octanol–water partition coefficient (Wildman–Crippen LogP) is 4.83. The van der Waals surface area contributed by atoms with E-state index < -0.39 is 0 Å². The largest absolute Gasteiger partial charge is 0.347 e. The Kier molecular flexibility index (Phi) is 5.25. The summed E-state index contributed by atoms with van der Waals surface area (Å²) in [5, 5.41) is 9.69. The van der Waals surface area contributed by atoms with Crippen molar-refractivity contribution in [2.75, 3.05) is 10.6 Å². The van der Waals surface area contributed by atoms with Gasteiger partial charge in [-0.3, -0.25) is 4.79 Å². The number of carbonyl (C=O) groups excluding carboxylic acids is 2. The van der Waals surface area contributed by atoms with E-state index in [0.717, 1.165) is 36.0 Å². The Morgan fingerprint density at radius 3 is 2.59 bits per heavy atom. The topological polar surface area (TPSA) is 75.2 Å². The number of rotatable bonds is 6. The molecule has 0 atom stereocenters. The normalized spacial score (nSPS) is 13.5. The zero-order chi connectivity index (χ0) is 20.4. The van der Waals surface area contributed by atoms with Gasteiger partial charge in [-0.2, -0.15) is 0 Å². The van der Waals surface area contributed by atoms with Crippen LogP contribution in [-0.4, -0.2) is 22.5 Å². The summed E-state index contributed by atoms with van der Waals surface area (Å²) in [5.41, 5.74) is 2.99. The van der Waals surface area contributed by atoms with Gasteiger partial charge in [0.2, 0.25) is 0 Å². The highest BCUT2D eigenvalue weighted by Crippen LogP contribution is 2.23. The Bertz CT molecular complexity index is 1050. The molecule has 3 amide bonds. The molecule has 0 radical (unpaired) electrons. The van der Waals surface area contributed by atoms with E-state index in [9.17, 15) is 9.59 Å². The Balaban J connectivity index is 1.44. The summed E-state index contributed by atoms with van der Waals surface area (Å²) in [5.74, 6) is 0.356. The van der Waals surface area contributed by atoms with Gasteiger partial charge in [0.05, 0.1) is 0 Å². The lowest BCUT2D eigenvalue weighted by molar-refractivity contribution is 0.102. The van der Waals surface area contributed by atoms with Crippen molar-refractivity contribution in [2.24, 2.45) is 5.92 Å². The lowest BCUT2D eigenvalue weighted by Crippen LogP contribution is -2.30. The molecule has 1 heterocycles. The predicted molar refractivity (Wildman–Crippen MR) is 116 cm³/mol. The van der Waals surface area contributed by atoms with Crippen LogP contribution in [0.1, 0.15) is 37.0 Å². The molecule has 1 aromatic heterocycles. The number of hydrogen-bond donors (Lipinski definition) is 3. The van der Waals surface area contributed by atoms with Crippen LogP contribution < -0.4 is 16.0 Å². The molecule has 6 nitrogen and oxygen atoms in total. The summed E-state index contributed by atoms with van der Waals surface area (Å²) in [4.78, 5) is 24.6. The van der Waals surface area contributed by atoms with Gasteiger partial charge in [0, 0.05) is 46.6 Å². The van der Waals surface area contributed by atoms with Crippen LogP contribution in [0.5, 0.6) is 0 Å². The molecular formula is C23H26N4O2. The number of benzene rings is 2. The van der Waals surface area contributed by atoms with Gasteiger partial charge in [-0.1, -0.05) is 19.9 Å². The number of anilines is 2. The van der Waals surface area contributed by atoms with Gasteiger partial charge in [-0.25, -0.2) is 4.79 Å². The van der Waals surface area contributed by atoms with Gasteiger partial charge in [0.15, 0.2) is 0 Å². The molecule has 3 N–H and O–H groups in total. The zero-order valence-corrected chi connectivity index (χ0v) is 16.7. The summed E-state index contributed by atoms with van der Waals surface area (Å²) in [6, 6.07) is 15.0. The molecule has 150 valence electrons. The van der Waals surface area contributed by atoms with Crippen LogP contribution >= 0.6 is 0 Å². The third kappa shape index (κ3) is 4.77. The molecule has 0 unspecified atom stereocenters. The van der Waals surface area contributed by atoms with Gasteiger partial charge < -0.3 is 20.5 Å². The van der Waals surface area contributed by atoms with Gasteiger partial charge in [0.1, 0.15) is 0 Å². The molecule has 3 aromatic rings. The number of nitrogens with one attached hydrogen (secondary N) is 3. The van der Waals surface area contributed by atoms with Crippen LogP contribution in [0.15, 0.2) is 54.7 Å². The monoisotopic (exact) mass is 390 g/mol. The number of hydrogen-bond acceptors (Lipinski definition) is 2. The molecular weight excluding hydrogens is 364 g/mol. The van der Waals surface area contributed by atoms with Crippen molar-refractivity contribution in [3.05, 3.63) is 60.3 Å². The van der Waals surface area contributed by atoms with E-state index in [4.69, 9.17) is 0 Å². The standard InChI is InChI=1S/C23H26N4O2/c1-15(2)14-27-11-10-16-12-20(8-9-21(16)27)24-22(28)17-4-3-5-19(13-17)26-23(29)25-18-6-7-18/h3-5,8-13,15,18H,6-7,14H2,1-2H3,(H,24,28)(H2,25,26,29). The minimum absolute atomic E-state index is 0.211. The van der Waals surface area contributed by atoms with Crippen molar-refractivity contribution in [3.8, 4) is 0 Å². The Labute approximate surface area is 170 Å². The SMILES string of the molecule is CC(C)Cn1ccc2cc(NC(=O)c3cccc(NC(=O)NC4CC4)c3)ccc21. The van der Waals surface area contributed by atoms with Crippen LogP contribution in [0.25, 0.3) is 10.9 Å². The van der Waals surface area contributed by atoms with Crippen molar-refractivity contribution in [1.82, 2.24) is 9.88 Å². The number of nitrogens with zero attached hydrogens (tertiary/aromatic N) is 1. The van der Waals surface area contributed by atoms with Crippen LogP contribution in [-0.2, 0) is 6.54 Å². The quantitative estimate of drug-likeness (QED) is 0.564. The summed E-state index contributed by atoms with van der Waals surface area (Å²) in [6.07, 6.45) is 4.14. The lowest BCUT2D eigenvalue weighted by Gasteiger charge is -2.10. The molecule has 1 saturated carbocycles. The van der Waals surface area contributed by atoms with Crippen LogP contribution in [0.3, 0.4) is 0 Å². The van der Waals surface area contributed by atoms with E-state index in [1.54, 1.807) is 24.3 Å². The maximum atomic E-state index is 12.7. The number of aromatic nitrogens is 1. The van der Waals surface area contributed by atoms with Crippen molar-refractivity contribution < 1.29 is 9.59 Å². The number of fused-ring (bicyclic) bond motifs is 1. The molecule has 1 aliphatic rings. The second-order valence-electron chi connectivity index (χ2n) is 8.04. The number of carbonyl (C=O) groups is 2. The maximum Gasteiger partial charge on any atom is 0.319 e. The van der Waals surface area contributed by atoms with Crippen LogP contribution in [0, 0.1) is 5.92 Å². The second-order valence-corrected chi connectivity index (χ2v) is 8.04. The van der Waals surface area contributed by atoms with Crippen molar-refractivity contribution >= 4 is 34.2 Å². The van der Waals surface area contributed by atoms with Crippen LogP contribution in [0.2, 0.25) is 0 Å². The minimum Gasteiger partial charge on any atom is -0.347 e. The summed E-state index contributed by atoms with van der Waals surface area (Å²) in [6.45, 7) is 5.35. The Morgan fingerprint density at radius 2 is 1.83 bits per heavy atom. The van der Waals surface area contributed by atoms with E-state index in [2.05, 4.69) is 46.6 Å². The van der Waals surface area contributed by atoms with Crippen molar-refractivity contribution in [1.29, 1.82) is 0 Å². The van der Waals surface area contributed by atoms with Crippen LogP contribution in [0.4, 0.5) is 16.2 Å².